The van der Waals surface area contributed by atoms with Crippen molar-refractivity contribution in [3.63, 3.8) is 0 Å². The zero-order valence-electron chi connectivity index (χ0n) is 15.1. The highest BCUT2D eigenvalue weighted by Gasteiger charge is 2.18. The fraction of sp³-hybridized carbons (Fsp3) is 0.316. The summed E-state index contributed by atoms with van der Waals surface area (Å²) in [7, 11) is 1.87. The lowest BCUT2D eigenvalue weighted by Crippen LogP contribution is -2.39. The highest BCUT2D eigenvalue weighted by Crippen LogP contribution is 2.17. The van der Waals surface area contributed by atoms with Gasteiger partial charge in [-0.15, -0.1) is 0 Å². The molecule has 7 nitrogen and oxygen atoms in total. The van der Waals surface area contributed by atoms with Gasteiger partial charge in [-0.25, -0.2) is 0 Å². The average Bonchev–Trinajstić information content (AvgIpc) is 2.63. The first-order valence-corrected chi connectivity index (χ1v) is 8.38. The summed E-state index contributed by atoms with van der Waals surface area (Å²) in [6.45, 7) is 4.99. The van der Waals surface area contributed by atoms with E-state index >= 15 is 0 Å². The maximum atomic E-state index is 12.4. The topological polar surface area (TPSA) is 84.7 Å². The molecule has 1 N–H and O–H groups in total. The molecule has 0 aromatic heterocycles. The number of amides is 1. The minimum absolute atomic E-state index is 0.0105. The number of nitrogens with one attached hydrogen (secondary N) is 1. The Bertz CT molecular complexity index is 744. The molecule has 2 aromatic rings. The summed E-state index contributed by atoms with van der Waals surface area (Å²) in [4.78, 5) is 24.5. The number of carbonyl (C=O) groups excluding carboxylic acids is 1. The van der Waals surface area contributed by atoms with Gasteiger partial charge >= 0.3 is 0 Å². The van der Waals surface area contributed by atoms with Crippen molar-refractivity contribution in [1.29, 1.82) is 0 Å². The Morgan fingerprint density at radius 2 is 1.81 bits per heavy atom. The molecule has 0 radical (unpaired) electrons. The van der Waals surface area contributed by atoms with E-state index in [0.29, 0.717) is 18.8 Å². The lowest BCUT2D eigenvalue weighted by Gasteiger charge is -2.24. The van der Waals surface area contributed by atoms with Gasteiger partial charge in [0.2, 0.25) is 5.91 Å². The number of nitro groups is 1. The molecule has 0 heterocycles. The molecule has 1 unspecified atom stereocenters. The fourth-order valence-corrected chi connectivity index (χ4v) is 2.40. The first-order chi connectivity index (χ1) is 12.4. The van der Waals surface area contributed by atoms with Crippen molar-refractivity contribution in [2.24, 2.45) is 0 Å². The highest BCUT2D eigenvalue weighted by molar-refractivity contribution is 5.94. The Morgan fingerprint density at radius 3 is 2.35 bits per heavy atom. The Morgan fingerprint density at radius 1 is 1.19 bits per heavy atom. The van der Waals surface area contributed by atoms with Gasteiger partial charge in [0.15, 0.2) is 0 Å². The van der Waals surface area contributed by atoms with E-state index in [9.17, 15) is 14.9 Å². The third-order valence-corrected chi connectivity index (χ3v) is 4.05. The van der Waals surface area contributed by atoms with Crippen LogP contribution >= 0.6 is 0 Å². The lowest BCUT2D eigenvalue weighted by molar-refractivity contribution is -0.384. The van der Waals surface area contributed by atoms with Crippen LogP contribution in [0.1, 0.15) is 19.4 Å². The molecule has 0 aliphatic heterocycles. The van der Waals surface area contributed by atoms with Gasteiger partial charge in [0.25, 0.3) is 5.69 Å². The van der Waals surface area contributed by atoms with Crippen molar-refractivity contribution in [3.05, 3.63) is 64.2 Å². The number of anilines is 1. The third-order valence-electron chi connectivity index (χ3n) is 4.05. The number of nitrogens with zero attached hydrogens (tertiary/aromatic N) is 2. The SMILES string of the molecule is CCOc1ccc(CN(C)C(C)C(=O)Nc2ccc([N+](=O)[O-])cc2)cc1. The number of likely N-dealkylation sites (N-methyl/N-ethyl adjacent to an activating group) is 1. The molecule has 0 spiro atoms. The van der Waals surface area contributed by atoms with Gasteiger partial charge < -0.3 is 10.1 Å². The summed E-state index contributed by atoms with van der Waals surface area (Å²) in [5.41, 5.74) is 1.59. The second kappa shape index (κ2) is 8.96. The van der Waals surface area contributed by atoms with E-state index in [1.807, 2.05) is 50.1 Å². The van der Waals surface area contributed by atoms with Gasteiger partial charge in [-0.2, -0.15) is 0 Å². The molecular weight excluding hydrogens is 334 g/mol. The number of nitro benzene ring substituents is 1. The first-order valence-electron chi connectivity index (χ1n) is 8.38. The van der Waals surface area contributed by atoms with Crippen molar-refractivity contribution in [2.75, 3.05) is 19.0 Å². The largest absolute Gasteiger partial charge is 0.494 e. The summed E-state index contributed by atoms with van der Waals surface area (Å²) in [6, 6.07) is 13.2. The Kier molecular flexibility index (Phi) is 6.68. The van der Waals surface area contributed by atoms with Gasteiger partial charge in [-0.3, -0.25) is 19.8 Å². The normalized spacial score (nSPS) is 11.8. The Labute approximate surface area is 152 Å². The molecule has 1 atom stereocenters. The fourth-order valence-electron chi connectivity index (χ4n) is 2.40. The monoisotopic (exact) mass is 357 g/mol. The second-order valence-electron chi connectivity index (χ2n) is 5.96. The Balaban J connectivity index is 1.92. The van der Waals surface area contributed by atoms with Crippen LogP contribution < -0.4 is 10.1 Å². The van der Waals surface area contributed by atoms with Crippen molar-refractivity contribution in [3.8, 4) is 5.75 Å². The van der Waals surface area contributed by atoms with Gasteiger partial charge in [0, 0.05) is 24.4 Å². The van der Waals surface area contributed by atoms with E-state index in [1.165, 1.54) is 24.3 Å². The van der Waals surface area contributed by atoms with Crippen molar-refractivity contribution in [1.82, 2.24) is 4.90 Å². The second-order valence-corrected chi connectivity index (χ2v) is 5.96. The summed E-state index contributed by atoms with van der Waals surface area (Å²) >= 11 is 0. The van der Waals surface area contributed by atoms with Crippen LogP contribution in [0.4, 0.5) is 11.4 Å². The first kappa shape index (κ1) is 19.4. The Hall–Kier alpha value is -2.93. The molecule has 2 aromatic carbocycles. The van der Waals surface area contributed by atoms with Crippen LogP contribution in [0.25, 0.3) is 0 Å². The number of carbonyl (C=O) groups is 1. The van der Waals surface area contributed by atoms with E-state index in [4.69, 9.17) is 4.74 Å². The molecule has 138 valence electrons. The van der Waals surface area contributed by atoms with Crippen LogP contribution in [-0.4, -0.2) is 35.4 Å². The van der Waals surface area contributed by atoms with Crippen LogP contribution in [0, 0.1) is 10.1 Å². The smallest absolute Gasteiger partial charge is 0.269 e. The van der Waals surface area contributed by atoms with Crippen LogP contribution in [0.15, 0.2) is 48.5 Å². The number of ether oxygens (including phenoxy) is 1. The van der Waals surface area contributed by atoms with E-state index in [-0.39, 0.29) is 17.6 Å². The van der Waals surface area contributed by atoms with Crippen LogP contribution in [0.2, 0.25) is 0 Å². The molecule has 1 amide bonds. The molecule has 0 fully saturated rings. The van der Waals surface area contributed by atoms with Crippen LogP contribution in [0.3, 0.4) is 0 Å². The van der Waals surface area contributed by atoms with Crippen molar-refractivity contribution < 1.29 is 14.5 Å². The maximum Gasteiger partial charge on any atom is 0.269 e. The summed E-state index contributed by atoms with van der Waals surface area (Å²) < 4.78 is 5.42. The minimum atomic E-state index is -0.473. The lowest BCUT2D eigenvalue weighted by atomic mass is 10.1. The number of non-ortho nitro benzene ring substituents is 1. The standard InChI is InChI=1S/C19H23N3O4/c1-4-26-18-11-5-15(6-12-18)13-21(3)14(2)19(23)20-16-7-9-17(10-8-16)22(24)25/h5-12,14H,4,13H2,1-3H3,(H,20,23). The zero-order chi connectivity index (χ0) is 19.1. The predicted molar refractivity (Wildman–Crippen MR) is 100 cm³/mol. The maximum absolute atomic E-state index is 12.4. The summed E-state index contributed by atoms with van der Waals surface area (Å²) in [5.74, 6) is 0.648. The number of benzene rings is 2. The van der Waals surface area contributed by atoms with E-state index in [0.717, 1.165) is 11.3 Å². The van der Waals surface area contributed by atoms with Gasteiger partial charge in [-0.05, 0) is 50.7 Å². The van der Waals surface area contributed by atoms with Crippen LogP contribution in [0.5, 0.6) is 5.75 Å². The van der Waals surface area contributed by atoms with E-state index in [2.05, 4.69) is 5.32 Å². The molecule has 0 aliphatic rings. The highest BCUT2D eigenvalue weighted by atomic mass is 16.6. The van der Waals surface area contributed by atoms with E-state index in [1.54, 1.807) is 0 Å². The predicted octanol–water partition coefficient (Wildman–Crippen LogP) is 3.45. The number of rotatable bonds is 8. The quantitative estimate of drug-likeness (QED) is 0.578. The summed E-state index contributed by atoms with van der Waals surface area (Å²) in [6.07, 6.45) is 0. The zero-order valence-corrected chi connectivity index (χ0v) is 15.1. The van der Waals surface area contributed by atoms with Gasteiger partial charge in [0.1, 0.15) is 5.75 Å². The molecule has 0 saturated carbocycles. The van der Waals surface area contributed by atoms with Crippen LogP contribution in [-0.2, 0) is 11.3 Å². The molecular formula is C19H23N3O4. The van der Waals surface area contributed by atoms with Gasteiger partial charge in [0.05, 0.1) is 17.6 Å². The molecule has 0 aliphatic carbocycles. The van der Waals surface area contributed by atoms with E-state index < -0.39 is 4.92 Å². The number of hydrogen-bond acceptors (Lipinski definition) is 5. The van der Waals surface area contributed by atoms with Crippen molar-refractivity contribution in [2.45, 2.75) is 26.4 Å². The minimum Gasteiger partial charge on any atom is -0.494 e. The molecule has 2 rings (SSSR count). The molecule has 26 heavy (non-hydrogen) atoms. The molecule has 7 heteroatoms. The number of hydrogen-bond donors (Lipinski definition) is 1. The molecule has 0 bridgehead atoms. The summed E-state index contributed by atoms with van der Waals surface area (Å²) in [5, 5.41) is 13.4. The molecule has 0 saturated heterocycles. The van der Waals surface area contributed by atoms with Crippen molar-refractivity contribution >= 4 is 17.3 Å². The third kappa shape index (κ3) is 5.29. The van der Waals surface area contributed by atoms with Gasteiger partial charge in [-0.1, -0.05) is 12.1 Å². The average molecular weight is 357 g/mol.